The minimum atomic E-state index is 0.424. The molecule has 0 aliphatic carbocycles. The third-order valence-electron chi connectivity index (χ3n) is 3.00. The molecule has 1 aromatic rings. The quantitative estimate of drug-likeness (QED) is 0.759. The van der Waals surface area contributed by atoms with Gasteiger partial charge in [0.25, 0.3) is 0 Å². The van der Waals surface area contributed by atoms with Gasteiger partial charge in [0.2, 0.25) is 0 Å². The van der Waals surface area contributed by atoms with E-state index < -0.39 is 0 Å². The van der Waals surface area contributed by atoms with Crippen molar-refractivity contribution < 1.29 is 0 Å². The highest BCUT2D eigenvalue weighted by Gasteiger charge is 2.09. The van der Waals surface area contributed by atoms with Crippen molar-refractivity contribution >= 4 is 0 Å². The highest BCUT2D eigenvalue weighted by molar-refractivity contribution is 5.33. The van der Waals surface area contributed by atoms with Crippen LogP contribution < -0.4 is 5.32 Å². The van der Waals surface area contributed by atoms with Gasteiger partial charge < -0.3 is 5.32 Å². The first-order valence-corrected chi connectivity index (χ1v) is 6.16. The summed E-state index contributed by atoms with van der Waals surface area (Å²) in [6, 6.07) is 6.50. The Kier molecular flexibility index (Phi) is 4.55. The van der Waals surface area contributed by atoms with Gasteiger partial charge in [0.15, 0.2) is 0 Å². The second-order valence-electron chi connectivity index (χ2n) is 5.86. The summed E-state index contributed by atoms with van der Waals surface area (Å²) >= 11 is 0. The zero-order valence-corrected chi connectivity index (χ0v) is 11.4. The number of hydrogen-bond acceptors (Lipinski definition) is 1. The van der Waals surface area contributed by atoms with Crippen molar-refractivity contribution in [1.82, 2.24) is 5.32 Å². The van der Waals surface area contributed by atoms with E-state index in [0.717, 1.165) is 13.1 Å². The Labute approximate surface area is 100 Å². The maximum absolute atomic E-state index is 3.54. The van der Waals surface area contributed by atoms with Gasteiger partial charge in [-0.05, 0) is 48.9 Å². The average Bonchev–Trinajstić information content (AvgIpc) is 2.14. The van der Waals surface area contributed by atoms with Gasteiger partial charge in [-0.1, -0.05) is 39.0 Å². The molecule has 0 radical (unpaired) electrons. The Morgan fingerprint density at radius 1 is 1.06 bits per heavy atom. The van der Waals surface area contributed by atoms with Crippen molar-refractivity contribution in [2.45, 2.75) is 47.6 Å². The standard InChI is InChI=1S/C15H25N/c1-12-7-6-8-13(2)14(12)11-16-10-9-15(3,4)5/h6-8,16H,9-11H2,1-5H3. The summed E-state index contributed by atoms with van der Waals surface area (Å²) in [5, 5.41) is 3.54. The molecule has 0 bridgehead atoms. The number of aryl methyl sites for hydroxylation is 2. The maximum atomic E-state index is 3.54. The van der Waals surface area contributed by atoms with Crippen molar-refractivity contribution in [2.24, 2.45) is 5.41 Å². The molecule has 0 spiro atoms. The molecule has 0 aromatic heterocycles. The number of benzene rings is 1. The lowest BCUT2D eigenvalue weighted by Gasteiger charge is -2.18. The summed E-state index contributed by atoms with van der Waals surface area (Å²) in [5.74, 6) is 0. The van der Waals surface area contributed by atoms with Crippen LogP contribution in [0.3, 0.4) is 0 Å². The van der Waals surface area contributed by atoms with Crippen LogP contribution in [0.15, 0.2) is 18.2 Å². The monoisotopic (exact) mass is 219 g/mol. The second kappa shape index (κ2) is 5.49. The van der Waals surface area contributed by atoms with Crippen molar-refractivity contribution in [2.75, 3.05) is 6.54 Å². The van der Waals surface area contributed by atoms with Crippen LogP contribution >= 0.6 is 0 Å². The first-order chi connectivity index (χ1) is 7.40. The highest BCUT2D eigenvalue weighted by Crippen LogP contribution is 2.17. The van der Waals surface area contributed by atoms with E-state index in [4.69, 9.17) is 0 Å². The molecule has 0 aliphatic heterocycles. The van der Waals surface area contributed by atoms with E-state index in [1.165, 1.54) is 23.1 Å². The predicted octanol–water partition coefficient (Wildman–Crippen LogP) is 3.83. The van der Waals surface area contributed by atoms with E-state index in [1.807, 2.05) is 0 Å². The molecule has 0 atom stereocenters. The summed E-state index contributed by atoms with van der Waals surface area (Å²) in [7, 11) is 0. The maximum Gasteiger partial charge on any atom is 0.0210 e. The molecule has 16 heavy (non-hydrogen) atoms. The van der Waals surface area contributed by atoms with Gasteiger partial charge in [-0.3, -0.25) is 0 Å². The van der Waals surface area contributed by atoms with Crippen LogP contribution in [0.2, 0.25) is 0 Å². The smallest absolute Gasteiger partial charge is 0.0210 e. The van der Waals surface area contributed by atoms with Gasteiger partial charge in [-0.15, -0.1) is 0 Å². The zero-order chi connectivity index (χ0) is 12.2. The zero-order valence-electron chi connectivity index (χ0n) is 11.4. The van der Waals surface area contributed by atoms with E-state index in [9.17, 15) is 0 Å². The van der Waals surface area contributed by atoms with Crippen LogP contribution in [-0.4, -0.2) is 6.54 Å². The number of hydrogen-bond donors (Lipinski definition) is 1. The molecule has 1 aromatic carbocycles. The van der Waals surface area contributed by atoms with Crippen LogP contribution in [-0.2, 0) is 6.54 Å². The van der Waals surface area contributed by atoms with E-state index in [1.54, 1.807) is 0 Å². The van der Waals surface area contributed by atoms with Crippen LogP contribution in [0.25, 0.3) is 0 Å². The van der Waals surface area contributed by atoms with Crippen molar-refractivity contribution in [3.63, 3.8) is 0 Å². The molecular weight excluding hydrogens is 194 g/mol. The van der Waals surface area contributed by atoms with Crippen LogP contribution in [0.1, 0.15) is 43.9 Å². The summed E-state index contributed by atoms with van der Waals surface area (Å²) in [4.78, 5) is 0. The van der Waals surface area contributed by atoms with Crippen molar-refractivity contribution in [3.05, 3.63) is 34.9 Å². The topological polar surface area (TPSA) is 12.0 Å². The molecule has 0 unspecified atom stereocenters. The second-order valence-corrected chi connectivity index (χ2v) is 5.86. The molecule has 0 saturated heterocycles. The third kappa shape index (κ3) is 4.36. The molecule has 1 N–H and O–H groups in total. The molecule has 0 aliphatic rings. The fourth-order valence-corrected chi connectivity index (χ4v) is 1.80. The van der Waals surface area contributed by atoms with Crippen LogP contribution in [0, 0.1) is 19.3 Å². The van der Waals surface area contributed by atoms with E-state index in [2.05, 4.69) is 58.1 Å². The predicted molar refractivity (Wildman–Crippen MR) is 71.7 cm³/mol. The summed E-state index contributed by atoms with van der Waals surface area (Å²) in [6.45, 7) is 13.3. The molecule has 0 fully saturated rings. The van der Waals surface area contributed by atoms with Gasteiger partial charge in [-0.2, -0.15) is 0 Å². The average molecular weight is 219 g/mol. The van der Waals surface area contributed by atoms with Gasteiger partial charge >= 0.3 is 0 Å². The summed E-state index contributed by atoms with van der Waals surface area (Å²) < 4.78 is 0. The lowest BCUT2D eigenvalue weighted by atomic mass is 9.92. The Hall–Kier alpha value is -0.820. The Bertz CT molecular complexity index is 314. The van der Waals surface area contributed by atoms with Gasteiger partial charge in [0, 0.05) is 6.54 Å². The number of nitrogens with one attached hydrogen (secondary N) is 1. The summed E-state index contributed by atoms with van der Waals surface area (Å²) in [5.41, 5.74) is 4.66. The van der Waals surface area contributed by atoms with Gasteiger partial charge in [0.1, 0.15) is 0 Å². The molecule has 1 heteroatoms. The molecule has 1 nitrogen and oxygen atoms in total. The minimum Gasteiger partial charge on any atom is -0.313 e. The minimum absolute atomic E-state index is 0.424. The third-order valence-corrected chi connectivity index (χ3v) is 3.00. The SMILES string of the molecule is Cc1cccc(C)c1CNCCC(C)(C)C. The molecule has 90 valence electrons. The van der Waals surface area contributed by atoms with E-state index in [0.29, 0.717) is 5.41 Å². The van der Waals surface area contributed by atoms with Gasteiger partial charge in [-0.25, -0.2) is 0 Å². The molecule has 1 rings (SSSR count). The first-order valence-electron chi connectivity index (χ1n) is 6.16. The van der Waals surface area contributed by atoms with E-state index in [-0.39, 0.29) is 0 Å². The first kappa shape index (κ1) is 13.2. The largest absolute Gasteiger partial charge is 0.313 e. The Morgan fingerprint density at radius 2 is 1.62 bits per heavy atom. The normalized spacial score (nSPS) is 11.8. The fraction of sp³-hybridized carbons (Fsp3) is 0.600. The lowest BCUT2D eigenvalue weighted by molar-refractivity contribution is 0.366. The molecule has 0 heterocycles. The van der Waals surface area contributed by atoms with Crippen LogP contribution in [0.5, 0.6) is 0 Å². The van der Waals surface area contributed by atoms with Gasteiger partial charge in [0.05, 0.1) is 0 Å². The number of rotatable bonds is 4. The molecule has 0 saturated carbocycles. The van der Waals surface area contributed by atoms with Crippen molar-refractivity contribution in [3.8, 4) is 0 Å². The summed E-state index contributed by atoms with van der Waals surface area (Å²) in [6.07, 6.45) is 1.22. The van der Waals surface area contributed by atoms with Crippen molar-refractivity contribution in [1.29, 1.82) is 0 Å². The molecule has 0 amide bonds. The molecular formula is C15H25N. The van der Waals surface area contributed by atoms with E-state index >= 15 is 0 Å². The fourth-order valence-electron chi connectivity index (χ4n) is 1.80. The Balaban J connectivity index is 2.43. The highest BCUT2D eigenvalue weighted by atomic mass is 14.8. The van der Waals surface area contributed by atoms with Crippen LogP contribution in [0.4, 0.5) is 0 Å². The lowest BCUT2D eigenvalue weighted by Crippen LogP contribution is -2.21. The Morgan fingerprint density at radius 3 is 2.12 bits per heavy atom.